The van der Waals surface area contributed by atoms with Gasteiger partial charge < -0.3 is 4.42 Å². The number of H-pyrrole nitrogens is 1. The van der Waals surface area contributed by atoms with Crippen LogP contribution in [0.5, 0.6) is 0 Å². The van der Waals surface area contributed by atoms with Crippen molar-refractivity contribution in [3.63, 3.8) is 0 Å². The molecule has 6 heteroatoms. The van der Waals surface area contributed by atoms with Gasteiger partial charge in [-0.1, -0.05) is 0 Å². The van der Waals surface area contributed by atoms with Gasteiger partial charge >= 0.3 is 0 Å². The van der Waals surface area contributed by atoms with E-state index in [4.69, 9.17) is 4.42 Å². The molecule has 1 aromatic carbocycles. The zero-order valence-corrected chi connectivity index (χ0v) is 11.0. The van der Waals surface area contributed by atoms with Crippen LogP contribution < -0.4 is 0 Å². The molecule has 3 heterocycles. The Hall–Kier alpha value is -2.21. The fraction of sp³-hybridized carbons (Fsp3) is 0.357. The van der Waals surface area contributed by atoms with E-state index in [2.05, 4.69) is 25.1 Å². The molecule has 102 valence electrons. The van der Waals surface area contributed by atoms with E-state index < -0.39 is 0 Å². The molecule has 0 radical (unpaired) electrons. The van der Waals surface area contributed by atoms with E-state index in [1.807, 2.05) is 18.2 Å². The van der Waals surface area contributed by atoms with Gasteiger partial charge in [-0.3, -0.25) is 10.00 Å². The van der Waals surface area contributed by atoms with Crippen LogP contribution in [0.15, 0.2) is 28.9 Å². The summed E-state index contributed by atoms with van der Waals surface area (Å²) in [6.45, 7) is 3.08. The molecule has 6 nitrogen and oxygen atoms in total. The van der Waals surface area contributed by atoms with Crippen molar-refractivity contribution in [2.45, 2.75) is 19.4 Å². The summed E-state index contributed by atoms with van der Waals surface area (Å²) in [5.41, 5.74) is 2.66. The lowest BCUT2D eigenvalue weighted by Gasteiger charge is -2.10. The highest BCUT2D eigenvalue weighted by molar-refractivity contribution is 5.78. The third kappa shape index (κ3) is 2.08. The maximum Gasteiger partial charge on any atom is 0.209 e. The molecule has 0 bridgehead atoms. The van der Waals surface area contributed by atoms with Crippen LogP contribution in [-0.2, 0) is 6.54 Å². The normalized spacial score (nSPS) is 16.2. The van der Waals surface area contributed by atoms with Crippen LogP contribution in [0.4, 0.5) is 0 Å². The standard InChI is InChI=1S/C14H15N5O/c1-2-6-19(5-1)8-13-17-11-7-10(3-4-12(11)20-13)14-15-9-16-18-14/h3-4,7,9H,1-2,5-6,8H2,(H,15,16,18). The maximum atomic E-state index is 5.80. The Morgan fingerprint density at radius 1 is 1.25 bits per heavy atom. The Morgan fingerprint density at radius 3 is 2.95 bits per heavy atom. The summed E-state index contributed by atoms with van der Waals surface area (Å²) in [5, 5.41) is 6.72. The zero-order valence-electron chi connectivity index (χ0n) is 11.0. The van der Waals surface area contributed by atoms with Crippen molar-refractivity contribution in [2.24, 2.45) is 0 Å². The second-order valence-corrected chi connectivity index (χ2v) is 5.11. The van der Waals surface area contributed by atoms with Gasteiger partial charge in [0.25, 0.3) is 0 Å². The number of rotatable bonds is 3. The fourth-order valence-electron chi connectivity index (χ4n) is 2.67. The van der Waals surface area contributed by atoms with Crippen LogP contribution >= 0.6 is 0 Å². The summed E-state index contributed by atoms with van der Waals surface area (Å²) in [5.74, 6) is 1.53. The number of benzene rings is 1. The average molecular weight is 269 g/mol. The molecule has 3 aromatic rings. The minimum absolute atomic E-state index is 0.746. The summed E-state index contributed by atoms with van der Waals surface area (Å²) in [6, 6.07) is 5.88. The molecular weight excluding hydrogens is 254 g/mol. The first-order valence-electron chi connectivity index (χ1n) is 6.86. The van der Waals surface area contributed by atoms with Gasteiger partial charge in [-0.25, -0.2) is 9.97 Å². The van der Waals surface area contributed by atoms with Gasteiger partial charge in [0.15, 0.2) is 11.4 Å². The number of hydrogen-bond donors (Lipinski definition) is 1. The molecule has 1 N–H and O–H groups in total. The molecule has 1 aliphatic heterocycles. The first-order chi connectivity index (χ1) is 9.88. The topological polar surface area (TPSA) is 70.8 Å². The van der Waals surface area contributed by atoms with Crippen LogP contribution in [0.2, 0.25) is 0 Å². The Balaban J connectivity index is 1.65. The van der Waals surface area contributed by atoms with Gasteiger partial charge in [0.2, 0.25) is 5.89 Å². The van der Waals surface area contributed by atoms with Gasteiger partial charge in [-0.05, 0) is 44.1 Å². The predicted molar refractivity (Wildman–Crippen MR) is 73.9 cm³/mol. The van der Waals surface area contributed by atoms with E-state index in [1.54, 1.807) is 0 Å². The van der Waals surface area contributed by atoms with Crippen LogP contribution in [0, 0.1) is 0 Å². The second kappa shape index (κ2) is 4.72. The van der Waals surface area contributed by atoms with Crippen LogP contribution in [0.3, 0.4) is 0 Å². The summed E-state index contributed by atoms with van der Waals surface area (Å²) in [7, 11) is 0. The van der Waals surface area contributed by atoms with Crippen molar-refractivity contribution in [1.82, 2.24) is 25.1 Å². The molecule has 2 aromatic heterocycles. The molecule has 4 rings (SSSR count). The third-order valence-corrected chi connectivity index (χ3v) is 3.68. The minimum Gasteiger partial charge on any atom is -0.439 e. The monoisotopic (exact) mass is 269 g/mol. The molecule has 1 saturated heterocycles. The summed E-state index contributed by atoms with van der Waals surface area (Å²) in [6.07, 6.45) is 4.05. The average Bonchev–Trinajstić information content (AvgIpc) is 3.19. The molecule has 1 aliphatic rings. The highest BCUT2D eigenvalue weighted by atomic mass is 16.3. The Labute approximate surface area is 115 Å². The smallest absolute Gasteiger partial charge is 0.209 e. The lowest BCUT2D eigenvalue weighted by atomic mass is 10.2. The SMILES string of the molecule is c1n[nH]c(-c2ccc3oc(CN4CCCC4)nc3c2)n1. The summed E-state index contributed by atoms with van der Waals surface area (Å²) >= 11 is 0. The number of oxazole rings is 1. The van der Waals surface area contributed by atoms with Crippen LogP contribution in [0.25, 0.3) is 22.5 Å². The molecule has 0 unspecified atom stereocenters. The number of hydrogen-bond acceptors (Lipinski definition) is 5. The maximum absolute atomic E-state index is 5.80. The highest BCUT2D eigenvalue weighted by Gasteiger charge is 2.15. The number of aromatic amines is 1. The van der Waals surface area contributed by atoms with Crippen molar-refractivity contribution in [2.75, 3.05) is 13.1 Å². The van der Waals surface area contributed by atoms with Gasteiger partial charge in [0.05, 0.1) is 6.54 Å². The first-order valence-corrected chi connectivity index (χ1v) is 6.86. The predicted octanol–water partition coefficient (Wildman–Crippen LogP) is 2.21. The van der Waals surface area contributed by atoms with E-state index >= 15 is 0 Å². The van der Waals surface area contributed by atoms with Crippen molar-refractivity contribution in [1.29, 1.82) is 0 Å². The zero-order chi connectivity index (χ0) is 13.4. The lowest BCUT2D eigenvalue weighted by molar-refractivity contribution is 0.295. The molecule has 0 spiro atoms. The van der Waals surface area contributed by atoms with Crippen molar-refractivity contribution in [3.8, 4) is 11.4 Å². The number of likely N-dealkylation sites (tertiary alicyclic amines) is 1. The molecule has 0 amide bonds. The fourth-order valence-corrected chi connectivity index (χ4v) is 2.67. The summed E-state index contributed by atoms with van der Waals surface area (Å²) < 4.78 is 5.80. The Kier molecular flexibility index (Phi) is 2.74. The van der Waals surface area contributed by atoms with E-state index in [0.717, 1.165) is 48.0 Å². The highest BCUT2D eigenvalue weighted by Crippen LogP contribution is 2.23. The number of nitrogens with zero attached hydrogens (tertiary/aromatic N) is 4. The van der Waals surface area contributed by atoms with Crippen LogP contribution in [0.1, 0.15) is 18.7 Å². The summed E-state index contributed by atoms with van der Waals surface area (Å²) in [4.78, 5) is 11.1. The molecular formula is C14H15N5O. The van der Waals surface area contributed by atoms with Crippen LogP contribution in [-0.4, -0.2) is 38.2 Å². The van der Waals surface area contributed by atoms with Crippen molar-refractivity contribution >= 4 is 11.1 Å². The van der Waals surface area contributed by atoms with E-state index in [0.29, 0.717) is 0 Å². The Bertz CT molecular complexity index is 712. The van der Waals surface area contributed by atoms with Gasteiger partial charge in [-0.2, -0.15) is 5.10 Å². The van der Waals surface area contributed by atoms with Crippen molar-refractivity contribution < 1.29 is 4.42 Å². The van der Waals surface area contributed by atoms with E-state index in [9.17, 15) is 0 Å². The molecule has 20 heavy (non-hydrogen) atoms. The second-order valence-electron chi connectivity index (χ2n) is 5.11. The minimum atomic E-state index is 0.746. The largest absolute Gasteiger partial charge is 0.439 e. The number of aromatic nitrogens is 4. The van der Waals surface area contributed by atoms with Crippen molar-refractivity contribution in [3.05, 3.63) is 30.4 Å². The quantitative estimate of drug-likeness (QED) is 0.789. The van der Waals surface area contributed by atoms with Gasteiger partial charge in [0.1, 0.15) is 11.8 Å². The molecule has 0 saturated carbocycles. The lowest BCUT2D eigenvalue weighted by Crippen LogP contribution is -2.18. The Morgan fingerprint density at radius 2 is 2.15 bits per heavy atom. The van der Waals surface area contributed by atoms with Gasteiger partial charge in [0, 0.05) is 5.56 Å². The first kappa shape index (κ1) is 11.6. The number of nitrogens with one attached hydrogen (secondary N) is 1. The van der Waals surface area contributed by atoms with E-state index in [-0.39, 0.29) is 0 Å². The number of fused-ring (bicyclic) bond motifs is 1. The molecule has 0 atom stereocenters. The molecule has 1 fully saturated rings. The van der Waals surface area contributed by atoms with Gasteiger partial charge in [-0.15, -0.1) is 0 Å². The van der Waals surface area contributed by atoms with E-state index in [1.165, 1.54) is 19.2 Å². The molecule has 0 aliphatic carbocycles. The third-order valence-electron chi connectivity index (χ3n) is 3.68.